The lowest BCUT2D eigenvalue weighted by atomic mass is 9.74. The normalized spacial score (nSPS) is 19.0. The molecule has 76 valence electrons. The summed E-state index contributed by atoms with van der Waals surface area (Å²) < 4.78 is 0. The number of hydrogen-bond donors (Lipinski definition) is 1. The van der Waals surface area contributed by atoms with E-state index in [2.05, 4.69) is 31.2 Å². The van der Waals surface area contributed by atoms with Crippen LogP contribution in [0.3, 0.4) is 0 Å². The van der Waals surface area contributed by atoms with Crippen LogP contribution in [0.4, 0.5) is 0 Å². The van der Waals surface area contributed by atoms with Gasteiger partial charge < -0.3 is 5.73 Å². The van der Waals surface area contributed by atoms with E-state index in [1.165, 1.54) is 30.4 Å². The summed E-state index contributed by atoms with van der Waals surface area (Å²) in [5.41, 5.74) is 8.37. The summed E-state index contributed by atoms with van der Waals surface area (Å²) in [6, 6.07) is 8.74. The van der Waals surface area contributed by atoms with Gasteiger partial charge in [-0.1, -0.05) is 37.6 Å². The molecule has 1 unspecified atom stereocenters. The Balaban J connectivity index is 2.13. The van der Waals surface area contributed by atoms with E-state index in [0.29, 0.717) is 6.54 Å². The Morgan fingerprint density at radius 3 is 2.79 bits per heavy atom. The minimum absolute atomic E-state index is 0.658. The van der Waals surface area contributed by atoms with Crippen LogP contribution in [0.1, 0.15) is 43.2 Å². The van der Waals surface area contributed by atoms with Crippen molar-refractivity contribution in [3.05, 3.63) is 35.4 Å². The van der Waals surface area contributed by atoms with Gasteiger partial charge in [0.1, 0.15) is 0 Å². The molecule has 2 rings (SSSR count). The third kappa shape index (κ3) is 1.83. The topological polar surface area (TPSA) is 26.0 Å². The van der Waals surface area contributed by atoms with E-state index in [1.807, 2.05) is 0 Å². The minimum Gasteiger partial charge on any atom is -0.326 e. The van der Waals surface area contributed by atoms with Crippen molar-refractivity contribution in [1.82, 2.24) is 0 Å². The fraction of sp³-hybridized carbons (Fsp3) is 0.538. The van der Waals surface area contributed by atoms with Crippen molar-refractivity contribution in [3.8, 4) is 0 Å². The molecule has 0 aliphatic heterocycles. The van der Waals surface area contributed by atoms with Crippen molar-refractivity contribution in [2.75, 3.05) is 0 Å². The molecular weight excluding hydrogens is 170 g/mol. The molecular formula is C13H19N. The van der Waals surface area contributed by atoms with Crippen LogP contribution < -0.4 is 5.73 Å². The van der Waals surface area contributed by atoms with Crippen molar-refractivity contribution in [3.63, 3.8) is 0 Å². The van der Waals surface area contributed by atoms with E-state index in [9.17, 15) is 0 Å². The first kappa shape index (κ1) is 9.72. The van der Waals surface area contributed by atoms with Crippen LogP contribution >= 0.6 is 0 Å². The van der Waals surface area contributed by atoms with Crippen LogP contribution in [0.15, 0.2) is 24.3 Å². The van der Waals surface area contributed by atoms with E-state index in [1.54, 1.807) is 0 Å². The fourth-order valence-corrected chi connectivity index (χ4v) is 2.22. The highest BCUT2D eigenvalue weighted by molar-refractivity contribution is 5.26. The van der Waals surface area contributed by atoms with Crippen molar-refractivity contribution in [1.29, 1.82) is 0 Å². The fourth-order valence-electron chi connectivity index (χ4n) is 2.22. The Bertz CT molecular complexity index is 302. The molecule has 1 saturated carbocycles. The van der Waals surface area contributed by atoms with Crippen LogP contribution in [0.2, 0.25) is 0 Å². The average molecular weight is 189 g/mol. The summed E-state index contributed by atoms with van der Waals surface area (Å²) >= 11 is 0. The molecule has 1 aromatic carbocycles. The quantitative estimate of drug-likeness (QED) is 0.777. The summed E-state index contributed by atoms with van der Waals surface area (Å²) in [5, 5.41) is 0. The minimum atomic E-state index is 0.658. The number of hydrogen-bond acceptors (Lipinski definition) is 1. The van der Waals surface area contributed by atoms with Gasteiger partial charge in [-0.2, -0.15) is 0 Å². The molecule has 1 heteroatoms. The third-order valence-electron chi connectivity index (χ3n) is 3.57. The molecule has 0 radical (unpaired) electrons. The molecule has 0 spiro atoms. The van der Waals surface area contributed by atoms with Gasteiger partial charge in [-0.15, -0.1) is 0 Å². The average Bonchev–Trinajstić information content (AvgIpc) is 2.15. The monoisotopic (exact) mass is 189 g/mol. The molecule has 0 saturated heterocycles. The standard InChI is InChI=1S/C13H19N/c1-10(12-5-3-6-12)13-7-2-4-11(8-13)9-14/h2,4,7-8,10,12H,3,5-6,9,14H2,1H3. The van der Waals surface area contributed by atoms with E-state index < -0.39 is 0 Å². The molecule has 1 nitrogen and oxygen atoms in total. The molecule has 0 bridgehead atoms. The summed E-state index contributed by atoms with van der Waals surface area (Å²) in [4.78, 5) is 0. The zero-order valence-corrected chi connectivity index (χ0v) is 8.87. The van der Waals surface area contributed by atoms with Crippen LogP contribution in [0.25, 0.3) is 0 Å². The largest absolute Gasteiger partial charge is 0.326 e. The first-order valence-electron chi connectivity index (χ1n) is 5.60. The highest BCUT2D eigenvalue weighted by Gasteiger charge is 2.24. The first-order valence-corrected chi connectivity index (χ1v) is 5.60. The molecule has 2 N–H and O–H groups in total. The lowest BCUT2D eigenvalue weighted by Gasteiger charge is -2.31. The summed E-state index contributed by atoms with van der Waals surface area (Å²) in [5.74, 6) is 1.64. The van der Waals surface area contributed by atoms with Crippen molar-refractivity contribution >= 4 is 0 Å². The van der Waals surface area contributed by atoms with E-state index in [-0.39, 0.29) is 0 Å². The van der Waals surface area contributed by atoms with E-state index >= 15 is 0 Å². The van der Waals surface area contributed by atoms with Crippen LogP contribution in [0, 0.1) is 5.92 Å². The molecule has 1 fully saturated rings. The number of nitrogens with two attached hydrogens (primary N) is 1. The maximum Gasteiger partial charge on any atom is 0.0178 e. The Kier molecular flexibility index (Phi) is 2.87. The Labute approximate surface area is 86.3 Å². The SMILES string of the molecule is CC(c1cccc(CN)c1)C1CCC1. The Morgan fingerprint density at radius 2 is 2.21 bits per heavy atom. The van der Waals surface area contributed by atoms with Crippen LogP contribution in [0.5, 0.6) is 0 Å². The van der Waals surface area contributed by atoms with E-state index in [0.717, 1.165) is 11.8 Å². The lowest BCUT2D eigenvalue weighted by molar-refractivity contribution is 0.272. The van der Waals surface area contributed by atoms with Crippen LogP contribution in [-0.4, -0.2) is 0 Å². The van der Waals surface area contributed by atoms with Crippen molar-refractivity contribution < 1.29 is 0 Å². The molecule has 1 aliphatic carbocycles. The predicted octanol–water partition coefficient (Wildman–Crippen LogP) is 3.05. The van der Waals surface area contributed by atoms with Gasteiger partial charge in [-0.25, -0.2) is 0 Å². The van der Waals surface area contributed by atoms with E-state index in [4.69, 9.17) is 5.73 Å². The lowest BCUT2D eigenvalue weighted by Crippen LogP contribution is -2.18. The van der Waals surface area contributed by atoms with Gasteiger partial charge in [0.2, 0.25) is 0 Å². The zero-order valence-electron chi connectivity index (χ0n) is 8.87. The highest BCUT2D eigenvalue weighted by Crippen LogP contribution is 2.38. The zero-order chi connectivity index (χ0) is 9.97. The van der Waals surface area contributed by atoms with Gasteiger partial charge in [0.25, 0.3) is 0 Å². The first-order chi connectivity index (χ1) is 6.81. The molecule has 1 aromatic rings. The Morgan fingerprint density at radius 1 is 1.43 bits per heavy atom. The van der Waals surface area contributed by atoms with Gasteiger partial charge in [0.15, 0.2) is 0 Å². The van der Waals surface area contributed by atoms with Gasteiger partial charge in [0, 0.05) is 6.54 Å². The maximum atomic E-state index is 5.64. The second-order valence-electron chi connectivity index (χ2n) is 4.43. The van der Waals surface area contributed by atoms with Crippen molar-refractivity contribution in [2.45, 2.75) is 38.6 Å². The third-order valence-corrected chi connectivity index (χ3v) is 3.57. The van der Waals surface area contributed by atoms with Gasteiger partial charge >= 0.3 is 0 Å². The van der Waals surface area contributed by atoms with Gasteiger partial charge in [-0.3, -0.25) is 0 Å². The highest BCUT2D eigenvalue weighted by atomic mass is 14.5. The van der Waals surface area contributed by atoms with Gasteiger partial charge in [-0.05, 0) is 35.8 Å². The molecule has 1 aliphatic rings. The predicted molar refractivity (Wildman–Crippen MR) is 60.1 cm³/mol. The second kappa shape index (κ2) is 4.14. The molecule has 0 amide bonds. The summed E-state index contributed by atoms with van der Waals surface area (Å²) in [7, 11) is 0. The molecule has 14 heavy (non-hydrogen) atoms. The number of benzene rings is 1. The number of rotatable bonds is 3. The summed E-state index contributed by atoms with van der Waals surface area (Å²) in [6.07, 6.45) is 4.24. The van der Waals surface area contributed by atoms with Crippen molar-refractivity contribution in [2.24, 2.45) is 11.7 Å². The summed E-state index contributed by atoms with van der Waals surface area (Å²) in [6.45, 7) is 3.00. The van der Waals surface area contributed by atoms with Crippen LogP contribution in [-0.2, 0) is 6.54 Å². The Hall–Kier alpha value is -0.820. The van der Waals surface area contributed by atoms with Gasteiger partial charge in [0.05, 0.1) is 0 Å². The smallest absolute Gasteiger partial charge is 0.0178 e. The molecule has 1 atom stereocenters. The second-order valence-corrected chi connectivity index (χ2v) is 4.43. The molecule has 0 heterocycles. The molecule has 0 aromatic heterocycles. The maximum absolute atomic E-state index is 5.64.